The molecule has 0 aliphatic heterocycles. The largest absolute Gasteiger partial charge is 0.455 e. The smallest absolute Gasteiger partial charge is 0.422 e. The Morgan fingerprint density at radius 2 is 1.67 bits per heavy atom. The van der Waals surface area contributed by atoms with Crippen molar-refractivity contribution in [2.24, 2.45) is 11.8 Å². The number of hydrogen-bond donors (Lipinski definition) is 0. The van der Waals surface area contributed by atoms with Crippen LogP contribution in [0.15, 0.2) is 12.2 Å². The van der Waals surface area contributed by atoms with Crippen LogP contribution >= 0.6 is 0 Å². The van der Waals surface area contributed by atoms with Crippen LogP contribution in [-0.2, 0) is 14.3 Å². The number of carbonyl (C=O) groups excluding carboxylic acids is 1. The van der Waals surface area contributed by atoms with Gasteiger partial charge in [0.15, 0.2) is 0 Å². The lowest BCUT2D eigenvalue weighted by atomic mass is 9.52. The minimum atomic E-state index is -4.74. The molecule has 4 rings (SSSR count). The maximum Gasteiger partial charge on any atom is 0.422 e. The van der Waals surface area contributed by atoms with Gasteiger partial charge >= 0.3 is 12.1 Å². The summed E-state index contributed by atoms with van der Waals surface area (Å²) < 4.78 is 48.7. The van der Waals surface area contributed by atoms with Crippen LogP contribution in [0, 0.1) is 11.8 Å². The number of alkyl halides is 3. The van der Waals surface area contributed by atoms with Crippen molar-refractivity contribution < 1.29 is 27.4 Å². The van der Waals surface area contributed by atoms with E-state index >= 15 is 0 Å². The van der Waals surface area contributed by atoms with E-state index in [9.17, 15) is 18.0 Å². The van der Waals surface area contributed by atoms with Gasteiger partial charge in [-0.15, -0.1) is 0 Å². The van der Waals surface area contributed by atoms with E-state index in [4.69, 9.17) is 9.47 Å². The highest BCUT2D eigenvalue weighted by Gasteiger charge is 2.60. The van der Waals surface area contributed by atoms with Gasteiger partial charge in [0.05, 0.1) is 5.60 Å². The predicted molar refractivity (Wildman–Crippen MR) is 68.4 cm³/mol. The molecular weight excluding hydrogens is 285 g/mol. The highest BCUT2D eigenvalue weighted by molar-refractivity contribution is 5.89. The summed E-state index contributed by atoms with van der Waals surface area (Å²) in [4.78, 5) is 11.8. The lowest BCUT2D eigenvalue weighted by Crippen LogP contribution is -2.61. The van der Waals surface area contributed by atoms with Crippen LogP contribution in [0.3, 0.4) is 0 Å². The summed E-state index contributed by atoms with van der Waals surface area (Å²) in [5, 5.41) is 0. The summed E-state index contributed by atoms with van der Waals surface area (Å²) in [6.07, 6.45) is -0.0562. The number of halogens is 3. The van der Waals surface area contributed by atoms with Gasteiger partial charge in [0.25, 0.3) is 0 Å². The monoisotopic (exact) mass is 304 g/mol. The van der Waals surface area contributed by atoms with Crippen molar-refractivity contribution in [2.75, 3.05) is 7.11 Å². The molecule has 0 aromatic heterocycles. The Kier molecular flexibility index (Phi) is 3.17. The third-order valence-corrected chi connectivity index (χ3v) is 5.28. The fourth-order valence-corrected chi connectivity index (χ4v) is 4.83. The Bertz CT molecular complexity index is 469. The van der Waals surface area contributed by atoms with Crippen LogP contribution in [0.25, 0.3) is 0 Å². The molecule has 4 aliphatic rings. The molecule has 4 fully saturated rings. The van der Waals surface area contributed by atoms with E-state index in [0.29, 0.717) is 31.1 Å². The summed E-state index contributed by atoms with van der Waals surface area (Å²) >= 11 is 0. The zero-order valence-electron chi connectivity index (χ0n) is 12.0. The highest BCUT2D eigenvalue weighted by Crippen LogP contribution is 2.60. The van der Waals surface area contributed by atoms with Crippen molar-refractivity contribution in [1.82, 2.24) is 0 Å². The topological polar surface area (TPSA) is 35.5 Å². The van der Waals surface area contributed by atoms with Crippen LogP contribution in [0.2, 0.25) is 0 Å². The van der Waals surface area contributed by atoms with Crippen LogP contribution < -0.4 is 0 Å². The molecule has 0 amide bonds. The molecule has 2 unspecified atom stereocenters. The Morgan fingerprint density at radius 1 is 1.14 bits per heavy atom. The molecule has 4 saturated carbocycles. The second-order valence-electron chi connectivity index (χ2n) is 6.90. The van der Waals surface area contributed by atoms with Gasteiger partial charge in [-0.25, -0.2) is 4.79 Å². The Balaban J connectivity index is 1.79. The van der Waals surface area contributed by atoms with Gasteiger partial charge in [0.1, 0.15) is 11.2 Å². The van der Waals surface area contributed by atoms with Crippen molar-refractivity contribution in [3.63, 3.8) is 0 Å². The second kappa shape index (κ2) is 4.48. The molecule has 3 nitrogen and oxygen atoms in total. The number of rotatable bonds is 3. The van der Waals surface area contributed by atoms with Crippen molar-refractivity contribution in [3.8, 4) is 0 Å². The normalized spacial score (nSPS) is 41.1. The molecule has 118 valence electrons. The molecule has 0 N–H and O–H groups in total. The van der Waals surface area contributed by atoms with Gasteiger partial charge < -0.3 is 9.47 Å². The molecule has 4 bridgehead atoms. The molecule has 0 aromatic rings. The van der Waals surface area contributed by atoms with Crippen molar-refractivity contribution in [1.29, 1.82) is 0 Å². The average molecular weight is 304 g/mol. The quantitative estimate of drug-likeness (QED) is 0.592. The SMILES string of the molecule is C=C(C(=O)OC12CC3CC(CC(OC)(C3)C1)C2)C(F)(F)F. The first-order valence-electron chi connectivity index (χ1n) is 7.22. The molecule has 0 heterocycles. The first-order valence-corrected chi connectivity index (χ1v) is 7.22. The Hall–Kier alpha value is -1.04. The van der Waals surface area contributed by atoms with E-state index in [0.717, 1.165) is 19.3 Å². The average Bonchev–Trinajstić information content (AvgIpc) is 2.34. The summed E-state index contributed by atoms with van der Waals surface area (Å²) in [6.45, 7) is 2.83. The minimum Gasteiger partial charge on any atom is -0.455 e. The molecule has 0 radical (unpaired) electrons. The predicted octanol–water partition coefficient (Wildman–Crippen LogP) is 3.39. The molecule has 0 saturated heterocycles. The first kappa shape index (κ1) is 14.9. The Morgan fingerprint density at radius 3 is 2.14 bits per heavy atom. The first-order chi connectivity index (χ1) is 9.67. The van der Waals surface area contributed by atoms with E-state index in [-0.39, 0.29) is 5.60 Å². The molecule has 2 atom stereocenters. The van der Waals surface area contributed by atoms with Crippen molar-refractivity contribution in [2.45, 2.75) is 55.9 Å². The van der Waals surface area contributed by atoms with E-state index in [1.54, 1.807) is 7.11 Å². The fourth-order valence-electron chi connectivity index (χ4n) is 4.83. The molecule has 0 aromatic carbocycles. The lowest BCUT2D eigenvalue weighted by Gasteiger charge is -2.60. The molecule has 21 heavy (non-hydrogen) atoms. The van der Waals surface area contributed by atoms with Gasteiger partial charge in [-0.05, 0) is 43.9 Å². The summed E-state index contributed by atoms with van der Waals surface area (Å²) in [6, 6.07) is 0. The van der Waals surface area contributed by atoms with Crippen molar-refractivity contribution in [3.05, 3.63) is 12.2 Å². The fraction of sp³-hybridized carbons (Fsp3) is 0.800. The third kappa shape index (κ3) is 2.47. The van der Waals surface area contributed by atoms with E-state index in [2.05, 4.69) is 6.58 Å². The molecule has 6 heteroatoms. The Labute approximate surface area is 121 Å². The van der Waals surface area contributed by atoms with Crippen LogP contribution in [0.1, 0.15) is 38.5 Å². The van der Waals surface area contributed by atoms with Gasteiger partial charge in [-0.2, -0.15) is 13.2 Å². The third-order valence-electron chi connectivity index (χ3n) is 5.28. The highest BCUT2D eigenvalue weighted by atomic mass is 19.4. The minimum absolute atomic E-state index is 0.329. The maximum absolute atomic E-state index is 12.6. The van der Waals surface area contributed by atoms with E-state index in [1.807, 2.05) is 0 Å². The zero-order chi connectivity index (χ0) is 15.5. The molecule has 4 aliphatic carbocycles. The van der Waals surface area contributed by atoms with Gasteiger partial charge in [-0.3, -0.25) is 0 Å². The van der Waals surface area contributed by atoms with Gasteiger partial charge in [0, 0.05) is 13.5 Å². The van der Waals surface area contributed by atoms with Gasteiger partial charge in [-0.1, -0.05) is 6.58 Å². The van der Waals surface area contributed by atoms with Crippen LogP contribution in [0.5, 0.6) is 0 Å². The number of methoxy groups -OCH3 is 1. The maximum atomic E-state index is 12.6. The number of ether oxygens (including phenoxy) is 2. The van der Waals surface area contributed by atoms with E-state index < -0.39 is 23.3 Å². The molecular formula is C15H19F3O3. The van der Waals surface area contributed by atoms with Gasteiger partial charge in [0.2, 0.25) is 0 Å². The van der Waals surface area contributed by atoms with E-state index in [1.165, 1.54) is 0 Å². The lowest BCUT2D eigenvalue weighted by molar-refractivity contribution is -0.227. The number of hydrogen-bond acceptors (Lipinski definition) is 3. The number of carbonyl (C=O) groups is 1. The molecule has 0 spiro atoms. The van der Waals surface area contributed by atoms with Crippen molar-refractivity contribution >= 4 is 5.97 Å². The standard InChI is InChI=1S/C15H19F3O3/c1-9(15(16,17)18)12(19)21-14-6-10-3-11(7-14)5-13(4-10,8-14)20-2/h10-11H,1,3-8H2,2H3. The van der Waals surface area contributed by atoms with Crippen LogP contribution in [-0.4, -0.2) is 30.5 Å². The van der Waals surface area contributed by atoms with Crippen LogP contribution in [0.4, 0.5) is 13.2 Å². The summed E-state index contributed by atoms with van der Waals surface area (Å²) in [5.74, 6) is -0.591. The summed E-state index contributed by atoms with van der Waals surface area (Å²) in [5.41, 5.74) is -2.56. The second-order valence-corrected chi connectivity index (χ2v) is 6.90. The summed E-state index contributed by atoms with van der Waals surface area (Å²) in [7, 11) is 1.64. The zero-order valence-corrected chi connectivity index (χ0v) is 12.0. The number of esters is 1.